The van der Waals surface area contributed by atoms with Crippen molar-refractivity contribution in [1.29, 1.82) is 0 Å². The molecule has 1 fully saturated rings. The lowest BCUT2D eigenvalue weighted by atomic mass is 10.1. The zero-order chi connectivity index (χ0) is 18.5. The van der Waals surface area contributed by atoms with Crippen LogP contribution in [0.5, 0.6) is 0 Å². The molecule has 1 amide bonds. The zero-order valence-corrected chi connectivity index (χ0v) is 15.2. The number of furan rings is 1. The van der Waals surface area contributed by atoms with E-state index < -0.39 is 0 Å². The van der Waals surface area contributed by atoms with E-state index in [9.17, 15) is 4.79 Å². The van der Waals surface area contributed by atoms with Gasteiger partial charge in [0.2, 0.25) is 0 Å². The second-order valence-electron chi connectivity index (χ2n) is 6.73. The fourth-order valence-corrected chi connectivity index (χ4v) is 3.31. The van der Waals surface area contributed by atoms with Gasteiger partial charge in [-0.15, -0.1) is 0 Å². The summed E-state index contributed by atoms with van der Waals surface area (Å²) in [6.07, 6.45) is 5.39. The van der Waals surface area contributed by atoms with E-state index >= 15 is 0 Å². The molecule has 1 saturated heterocycles. The molecule has 0 radical (unpaired) electrons. The highest BCUT2D eigenvalue weighted by atomic mass is 16.3. The molecule has 0 saturated carbocycles. The third kappa shape index (κ3) is 4.31. The molecule has 0 unspecified atom stereocenters. The second-order valence-corrected chi connectivity index (χ2v) is 6.73. The Balaban J connectivity index is 1.36. The highest BCUT2D eigenvalue weighted by Gasteiger charge is 2.11. The summed E-state index contributed by atoms with van der Waals surface area (Å²) in [7, 11) is 0. The quantitative estimate of drug-likeness (QED) is 0.650. The Labute approximate surface area is 159 Å². The van der Waals surface area contributed by atoms with Crippen molar-refractivity contribution in [2.45, 2.75) is 19.3 Å². The smallest absolute Gasteiger partial charge is 0.291 e. The minimum atomic E-state index is -0.256. The fourth-order valence-electron chi connectivity index (χ4n) is 3.31. The maximum atomic E-state index is 12.0. The Bertz CT molecular complexity index is 865. The summed E-state index contributed by atoms with van der Waals surface area (Å²) in [5.41, 5.74) is 4.03. The molecule has 5 heteroatoms. The third-order valence-electron chi connectivity index (χ3n) is 4.76. The molecule has 0 aliphatic carbocycles. The number of rotatable bonds is 5. The summed E-state index contributed by atoms with van der Waals surface area (Å²) in [4.78, 5) is 14.4. The van der Waals surface area contributed by atoms with Gasteiger partial charge in [-0.3, -0.25) is 4.79 Å². The maximum absolute atomic E-state index is 12.0. The Morgan fingerprint density at radius 1 is 0.815 bits per heavy atom. The van der Waals surface area contributed by atoms with Gasteiger partial charge in [0.05, 0.1) is 6.26 Å². The average molecular weight is 361 g/mol. The van der Waals surface area contributed by atoms with Crippen molar-refractivity contribution in [2.24, 2.45) is 0 Å². The largest absolute Gasteiger partial charge is 0.459 e. The van der Waals surface area contributed by atoms with E-state index in [1.54, 1.807) is 12.1 Å². The number of amides is 1. The fraction of sp³-hybridized carbons (Fsp3) is 0.227. The second kappa shape index (κ2) is 7.99. The van der Waals surface area contributed by atoms with Gasteiger partial charge in [-0.2, -0.15) is 0 Å². The molecule has 0 spiro atoms. The van der Waals surface area contributed by atoms with Crippen LogP contribution in [0.25, 0.3) is 0 Å². The predicted octanol–water partition coefficient (Wildman–Crippen LogP) is 5.27. The number of carbonyl (C=O) groups is 1. The summed E-state index contributed by atoms with van der Waals surface area (Å²) < 4.78 is 5.10. The molecule has 27 heavy (non-hydrogen) atoms. The van der Waals surface area contributed by atoms with Gasteiger partial charge in [-0.25, -0.2) is 0 Å². The molecule has 3 aromatic rings. The van der Waals surface area contributed by atoms with E-state index in [0.29, 0.717) is 5.76 Å². The number of benzene rings is 2. The van der Waals surface area contributed by atoms with Gasteiger partial charge in [-0.05, 0) is 79.9 Å². The lowest BCUT2D eigenvalue weighted by molar-refractivity contribution is 0.0996. The Morgan fingerprint density at radius 2 is 1.44 bits per heavy atom. The SMILES string of the molecule is O=C(Nc1ccc(Nc2ccc(N3CCCCC3)cc2)cc1)c1ccco1. The first-order valence-electron chi connectivity index (χ1n) is 9.35. The normalized spacial score (nSPS) is 14.0. The van der Waals surface area contributed by atoms with Crippen LogP contribution in [0.3, 0.4) is 0 Å². The van der Waals surface area contributed by atoms with E-state index in [1.165, 1.54) is 31.2 Å². The van der Waals surface area contributed by atoms with Crippen LogP contribution in [-0.2, 0) is 0 Å². The van der Waals surface area contributed by atoms with E-state index in [0.717, 1.165) is 30.2 Å². The van der Waals surface area contributed by atoms with E-state index in [1.807, 2.05) is 24.3 Å². The summed E-state index contributed by atoms with van der Waals surface area (Å²) in [6.45, 7) is 2.30. The highest BCUT2D eigenvalue weighted by molar-refractivity contribution is 6.02. The lowest BCUT2D eigenvalue weighted by Crippen LogP contribution is -2.29. The predicted molar refractivity (Wildman–Crippen MR) is 109 cm³/mol. The number of hydrogen-bond acceptors (Lipinski definition) is 4. The van der Waals surface area contributed by atoms with Crippen LogP contribution >= 0.6 is 0 Å². The van der Waals surface area contributed by atoms with Crippen molar-refractivity contribution >= 4 is 28.7 Å². The van der Waals surface area contributed by atoms with Crippen molar-refractivity contribution in [3.63, 3.8) is 0 Å². The zero-order valence-electron chi connectivity index (χ0n) is 15.2. The molecular formula is C22H23N3O2. The van der Waals surface area contributed by atoms with Gasteiger partial charge < -0.3 is 20.0 Å². The summed E-state index contributed by atoms with van der Waals surface area (Å²) >= 11 is 0. The van der Waals surface area contributed by atoms with Crippen LogP contribution in [0.15, 0.2) is 71.3 Å². The average Bonchev–Trinajstić information content (AvgIpc) is 3.26. The molecule has 1 aromatic heterocycles. The number of hydrogen-bond donors (Lipinski definition) is 2. The molecule has 2 N–H and O–H groups in total. The minimum Gasteiger partial charge on any atom is -0.459 e. The molecule has 5 nitrogen and oxygen atoms in total. The topological polar surface area (TPSA) is 57.5 Å². The van der Waals surface area contributed by atoms with Crippen molar-refractivity contribution < 1.29 is 9.21 Å². The van der Waals surface area contributed by atoms with Crippen LogP contribution in [-0.4, -0.2) is 19.0 Å². The molecule has 2 heterocycles. The molecular weight excluding hydrogens is 338 g/mol. The van der Waals surface area contributed by atoms with E-state index in [4.69, 9.17) is 4.42 Å². The van der Waals surface area contributed by atoms with Gasteiger partial charge in [0.1, 0.15) is 0 Å². The van der Waals surface area contributed by atoms with Gasteiger partial charge >= 0.3 is 0 Å². The third-order valence-corrected chi connectivity index (χ3v) is 4.76. The van der Waals surface area contributed by atoms with E-state index in [-0.39, 0.29) is 5.91 Å². The van der Waals surface area contributed by atoms with Crippen LogP contribution < -0.4 is 15.5 Å². The van der Waals surface area contributed by atoms with Crippen LogP contribution in [0.1, 0.15) is 29.8 Å². The Hall–Kier alpha value is -3.21. The number of nitrogens with zero attached hydrogens (tertiary/aromatic N) is 1. The molecule has 0 bridgehead atoms. The Kier molecular flexibility index (Phi) is 5.10. The van der Waals surface area contributed by atoms with Gasteiger partial charge in [0.15, 0.2) is 5.76 Å². The van der Waals surface area contributed by atoms with Gasteiger partial charge in [0.25, 0.3) is 5.91 Å². The molecule has 138 valence electrons. The maximum Gasteiger partial charge on any atom is 0.291 e. The lowest BCUT2D eigenvalue weighted by Gasteiger charge is -2.28. The Morgan fingerprint density at radius 3 is 2.07 bits per heavy atom. The molecule has 2 aromatic carbocycles. The van der Waals surface area contributed by atoms with Crippen molar-refractivity contribution in [3.8, 4) is 0 Å². The van der Waals surface area contributed by atoms with Gasteiger partial charge in [-0.1, -0.05) is 0 Å². The van der Waals surface area contributed by atoms with E-state index in [2.05, 4.69) is 39.8 Å². The van der Waals surface area contributed by atoms with Crippen LogP contribution in [0.4, 0.5) is 22.7 Å². The first-order valence-corrected chi connectivity index (χ1v) is 9.35. The van der Waals surface area contributed by atoms with Crippen LogP contribution in [0.2, 0.25) is 0 Å². The summed E-state index contributed by atoms with van der Waals surface area (Å²) in [6, 6.07) is 19.5. The number of carbonyl (C=O) groups excluding carboxylic acids is 1. The minimum absolute atomic E-state index is 0.256. The van der Waals surface area contributed by atoms with Crippen molar-refractivity contribution in [3.05, 3.63) is 72.7 Å². The van der Waals surface area contributed by atoms with Gasteiger partial charge in [0, 0.05) is 35.8 Å². The van der Waals surface area contributed by atoms with Crippen molar-refractivity contribution in [1.82, 2.24) is 0 Å². The van der Waals surface area contributed by atoms with Crippen molar-refractivity contribution in [2.75, 3.05) is 28.6 Å². The standard InChI is InChI=1S/C22H23N3O2/c26-22(21-5-4-16-27-21)24-19-8-6-17(7-9-19)23-18-10-12-20(13-11-18)25-14-2-1-3-15-25/h4-13,16,23H,1-3,14-15H2,(H,24,26). The van der Waals surface area contributed by atoms with Crippen LogP contribution in [0, 0.1) is 0 Å². The first kappa shape index (κ1) is 17.2. The highest BCUT2D eigenvalue weighted by Crippen LogP contribution is 2.24. The molecule has 0 atom stereocenters. The molecule has 1 aliphatic heterocycles. The molecule has 4 rings (SSSR count). The first-order chi connectivity index (χ1) is 13.3. The number of nitrogens with one attached hydrogen (secondary N) is 2. The monoisotopic (exact) mass is 361 g/mol. The summed E-state index contributed by atoms with van der Waals surface area (Å²) in [5.74, 6) is 0.0417. The number of piperidine rings is 1. The number of anilines is 4. The molecule has 1 aliphatic rings. The summed E-state index contributed by atoms with van der Waals surface area (Å²) in [5, 5.41) is 6.21.